The Balaban J connectivity index is 1.13. The van der Waals surface area contributed by atoms with Gasteiger partial charge in [0.15, 0.2) is 0 Å². The molecule has 0 unspecified atom stereocenters. The molecule has 46 heavy (non-hydrogen) atoms. The lowest BCUT2D eigenvalue weighted by Gasteiger charge is -2.30. The van der Waals surface area contributed by atoms with Gasteiger partial charge in [0.1, 0.15) is 12.0 Å². The van der Waals surface area contributed by atoms with E-state index in [9.17, 15) is 23.9 Å². The first-order valence-corrected chi connectivity index (χ1v) is 16.3. The fourth-order valence-electron chi connectivity index (χ4n) is 7.21. The van der Waals surface area contributed by atoms with Crippen molar-refractivity contribution < 1.29 is 33.0 Å². The van der Waals surface area contributed by atoms with E-state index in [1.165, 1.54) is 6.07 Å². The molecular formula is C34H39ClF2N4O5. The van der Waals surface area contributed by atoms with E-state index < -0.39 is 23.9 Å². The molecule has 0 radical (unpaired) electrons. The van der Waals surface area contributed by atoms with E-state index >= 15 is 4.39 Å². The van der Waals surface area contributed by atoms with Gasteiger partial charge in [0.2, 0.25) is 5.91 Å². The second-order valence-electron chi connectivity index (χ2n) is 12.8. The molecule has 3 aliphatic rings. The van der Waals surface area contributed by atoms with E-state index in [1.807, 2.05) is 35.9 Å². The number of carboxylic acid groups (broad SMARTS) is 1. The van der Waals surface area contributed by atoms with Crippen LogP contribution in [0, 0.1) is 11.7 Å². The molecule has 1 saturated carbocycles. The number of nitrogens with zero attached hydrogens (tertiary/aromatic N) is 3. The topological polar surface area (TPSA) is 104 Å². The molecule has 3 atom stereocenters. The van der Waals surface area contributed by atoms with Gasteiger partial charge in [0, 0.05) is 49.8 Å². The van der Waals surface area contributed by atoms with Gasteiger partial charge in [0.05, 0.1) is 47.4 Å². The predicted octanol–water partition coefficient (Wildman–Crippen LogP) is 5.44. The maximum Gasteiger partial charge on any atom is 0.306 e. The number of para-hydroxylation sites is 1. The lowest BCUT2D eigenvalue weighted by atomic mass is 9.87. The number of aryl methyl sites for hydroxylation is 1. The summed E-state index contributed by atoms with van der Waals surface area (Å²) < 4.78 is 37.5. The van der Waals surface area contributed by atoms with Crippen LogP contribution in [0.25, 0.3) is 10.9 Å². The fraction of sp³-hybridized carbons (Fsp3) is 0.500. The van der Waals surface area contributed by atoms with Gasteiger partial charge in [0.25, 0.3) is 5.91 Å². The average Bonchev–Trinajstić information content (AvgIpc) is 3.76. The second kappa shape index (κ2) is 13.7. The van der Waals surface area contributed by atoms with Crippen LogP contribution in [0.4, 0.5) is 14.5 Å². The Hall–Kier alpha value is -3.54. The highest BCUT2D eigenvalue weighted by Gasteiger charge is 2.41. The van der Waals surface area contributed by atoms with Crippen molar-refractivity contribution >= 4 is 46.0 Å². The van der Waals surface area contributed by atoms with Crippen molar-refractivity contribution in [3.05, 3.63) is 64.6 Å². The van der Waals surface area contributed by atoms with Crippen molar-refractivity contribution in [2.45, 2.75) is 69.3 Å². The molecule has 3 heterocycles. The molecule has 2 N–H and O–H groups in total. The average molecular weight is 657 g/mol. The number of fused-ring (bicyclic) bond motifs is 1. The number of rotatable bonds is 9. The third kappa shape index (κ3) is 6.91. The lowest BCUT2D eigenvalue weighted by Crippen LogP contribution is -2.41. The molecule has 2 saturated heterocycles. The Labute approximate surface area is 271 Å². The molecule has 1 aromatic heterocycles. The summed E-state index contributed by atoms with van der Waals surface area (Å²) in [6, 6.07) is 9.68. The minimum atomic E-state index is -0.889. The summed E-state index contributed by atoms with van der Waals surface area (Å²) in [6.07, 6.45) is 3.98. The maximum absolute atomic E-state index is 15.4. The SMILES string of the molecule is Cn1cc(C(=O)Nc2cc(F)c(CC(=O)N3C[C@@H](N4CC[C@H](F)C4)C[C@H]3COC3CCC(C(=O)O)CC3)cc2Cl)c2ccccc21. The number of anilines is 1. The number of carbonyl (C=O) groups excluding carboxylic acids is 2. The van der Waals surface area contributed by atoms with Crippen molar-refractivity contribution in [3.8, 4) is 0 Å². The number of nitrogens with one attached hydrogen (secondary N) is 1. The zero-order valence-electron chi connectivity index (χ0n) is 25.8. The molecule has 3 fully saturated rings. The van der Waals surface area contributed by atoms with Crippen LogP contribution in [0.2, 0.25) is 5.02 Å². The van der Waals surface area contributed by atoms with Gasteiger partial charge in [-0.1, -0.05) is 29.8 Å². The van der Waals surface area contributed by atoms with E-state index in [-0.39, 0.29) is 59.3 Å². The van der Waals surface area contributed by atoms with E-state index in [4.69, 9.17) is 16.3 Å². The summed E-state index contributed by atoms with van der Waals surface area (Å²) in [5.41, 5.74) is 1.52. The molecule has 3 aromatic rings. The van der Waals surface area contributed by atoms with Crippen LogP contribution in [-0.4, -0.2) is 87.9 Å². The first-order chi connectivity index (χ1) is 22.1. The van der Waals surface area contributed by atoms with Crippen LogP contribution >= 0.6 is 11.6 Å². The molecule has 2 aliphatic heterocycles. The molecule has 0 spiro atoms. The van der Waals surface area contributed by atoms with E-state index in [0.29, 0.717) is 63.7 Å². The van der Waals surface area contributed by atoms with Crippen LogP contribution in [0.5, 0.6) is 0 Å². The summed E-state index contributed by atoms with van der Waals surface area (Å²) in [5, 5.41) is 12.9. The van der Waals surface area contributed by atoms with Gasteiger partial charge < -0.3 is 24.6 Å². The Morgan fingerprint density at radius 1 is 1.09 bits per heavy atom. The maximum atomic E-state index is 15.4. The summed E-state index contributed by atoms with van der Waals surface area (Å²) >= 11 is 6.51. The first-order valence-electron chi connectivity index (χ1n) is 15.9. The van der Waals surface area contributed by atoms with Crippen molar-refractivity contribution in [1.29, 1.82) is 0 Å². The van der Waals surface area contributed by atoms with Gasteiger partial charge in [-0.25, -0.2) is 8.78 Å². The number of halogens is 3. The number of ether oxygens (including phenoxy) is 1. The summed E-state index contributed by atoms with van der Waals surface area (Å²) in [5.74, 6) is -2.51. The zero-order chi connectivity index (χ0) is 32.5. The number of aliphatic carboxylic acids is 1. The summed E-state index contributed by atoms with van der Waals surface area (Å²) in [6.45, 7) is 1.62. The quantitative estimate of drug-likeness (QED) is 0.318. The van der Waals surface area contributed by atoms with Crippen LogP contribution in [0.3, 0.4) is 0 Å². The standard InChI is InChI=1S/C34H39ClF2N4O5/c1-39-18-27(26-4-2-3-5-31(26)39)33(43)38-30-15-29(37)21(12-28(30)35)13-32(42)41-17-23(40-11-10-22(36)16-40)14-24(41)19-46-25-8-6-20(7-9-25)34(44)45/h2-5,12,15,18,20,22-25H,6-11,13-14,16-17,19H2,1H3,(H,38,43)(H,44,45)/t20?,22-,23-,24-,25?/m0/s1. The third-order valence-corrected chi connectivity index (χ3v) is 10.1. The van der Waals surface area contributed by atoms with Crippen molar-refractivity contribution in [2.75, 3.05) is 31.6 Å². The minimum absolute atomic E-state index is 0.0267. The van der Waals surface area contributed by atoms with Crippen molar-refractivity contribution in [2.24, 2.45) is 13.0 Å². The smallest absolute Gasteiger partial charge is 0.306 e. The number of hydrogen-bond donors (Lipinski definition) is 2. The van der Waals surface area contributed by atoms with Crippen LogP contribution in [0.15, 0.2) is 42.6 Å². The van der Waals surface area contributed by atoms with Gasteiger partial charge in [-0.05, 0) is 62.3 Å². The molecule has 9 nitrogen and oxygen atoms in total. The minimum Gasteiger partial charge on any atom is -0.481 e. The summed E-state index contributed by atoms with van der Waals surface area (Å²) in [7, 11) is 1.84. The highest BCUT2D eigenvalue weighted by molar-refractivity contribution is 6.34. The van der Waals surface area contributed by atoms with Gasteiger partial charge >= 0.3 is 5.97 Å². The second-order valence-corrected chi connectivity index (χ2v) is 13.2. The van der Waals surface area contributed by atoms with Crippen LogP contribution in [0.1, 0.15) is 54.4 Å². The zero-order valence-corrected chi connectivity index (χ0v) is 26.5. The number of hydrogen-bond acceptors (Lipinski definition) is 5. The Kier molecular flexibility index (Phi) is 9.63. The molecule has 12 heteroatoms. The number of aromatic nitrogens is 1. The Morgan fingerprint density at radius 2 is 1.85 bits per heavy atom. The predicted molar refractivity (Wildman–Crippen MR) is 170 cm³/mol. The van der Waals surface area contributed by atoms with E-state index in [0.717, 1.165) is 17.0 Å². The number of alkyl halides is 1. The van der Waals surface area contributed by atoms with Gasteiger partial charge in [-0.2, -0.15) is 0 Å². The molecule has 1 aliphatic carbocycles. The normalized spacial score (nSPS) is 25.3. The van der Waals surface area contributed by atoms with Crippen molar-refractivity contribution in [3.63, 3.8) is 0 Å². The van der Waals surface area contributed by atoms with Crippen LogP contribution < -0.4 is 5.32 Å². The monoisotopic (exact) mass is 656 g/mol. The highest BCUT2D eigenvalue weighted by atomic mass is 35.5. The number of benzene rings is 2. The highest BCUT2D eigenvalue weighted by Crippen LogP contribution is 2.32. The number of carbonyl (C=O) groups is 3. The molecule has 6 rings (SSSR count). The molecule has 2 aromatic carbocycles. The Bertz CT molecular complexity index is 1620. The number of carboxylic acids is 1. The number of amides is 2. The fourth-order valence-corrected chi connectivity index (χ4v) is 7.45. The van der Waals surface area contributed by atoms with E-state index in [2.05, 4.69) is 10.2 Å². The van der Waals surface area contributed by atoms with Gasteiger partial charge in [-0.3, -0.25) is 19.3 Å². The third-order valence-electron chi connectivity index (χ3n) is 9.81. The molecule has 2 amide bonds. The number of likely N-dealkylation sites (tertiary alicyclic amines) is 2. The molecule has 0 bridgehead atoms. The van der Waals surface area contributed by atoms with E-state index in [1.54, 1.807) is 11.1 Å². The van der Waals surface area contributed by atoms with Gasteiger partial charge in [-0.15, -0.1) is 0 Å². The molecule has 246 valence electrons. The van der Waals surface area contributed by atoms with Crippen LogP contribution in [-0.2, 0) is 27.8 Å². The first kappa shape index (κ1) is 32.4. The largest absolute Gasteiger partial charge is 0.481 e. The Morgan fingerprint density at radius 3 is 2.57 bits per heavy atom. The van der Waals surface area contributed by atoms with Crippen molar-refractivity contribution in [1.82, 2.24) is 14.4 Å². The molecular weight excluding hydrogens is 618 g/mol. The lowest BCUT2D eigenvalue weighted by molar-refractivity contribution is -0.144. The summed E-state index contributed by atoms with van der Waals surface area (Å²) in [4.78, 5) is 41.9.